The van der Waals surface area contributed by atoms with Gasteiger partial charge in [0.05, 0.1) is 6.04 Å². The fraction of sp³-hybridized carbons (Fsp3) is 0.692. The molecule has 1 aromatic heterocycles. The third-order valence-electron chi connectivity index (χ3n) is 2.86. The fourth-order valence-electron chi connectivity index (χ4n) is 1.78. The van der Waals surface area contributed by atoms with Crippen LogP contribution in [-0.4, -0.2) is 40.9 Å². The summed E-state index contributed by atoms with van der Waals surface area (Å²) in [5.74, 6) is 0.161. The minimum Gasteiger partial charge on any atom is -0.462 e. The van der Waals surface area contributed by atoms with Crippen molar-refractivity contribution in [1.82, 2.24) is 10.1 Å². The van der Waals surface area contributed by atoms with Gasteiger partial charge in [0, 0.05) is 12.6 Å². The number of carbonyl (C=O) groups is 1. The lowest BCUT2D eigenvalue weighted by molar-refractivity contribution is -0.0164. The van der Waals surface area contributed by atoms with Crippen molar-refractivity contribution in [3.63, 3.8) is 0 Å². The minimum absolute atomic E-state index is 0.0521. The van der Waals surface area contributed by atoms with Crippen molar-refractivity contribution in [1.29, 1.82) is 0 Å². The topological polar surface area (TPSA) is 64.8 Å². The van der Waals surface area contributed by atoms with E-state index in [9.17, 15) is 9.18 Å². The molecule has 0 bridgehead atoms. The Labute approximate surface area is 116 Å². The standard InChI is InChI=1S/C13H19FN2O4/c1-13(2,3)19-12(17)16-5-4-10(16)8-18-11-6-9(7-14)15-20-11/h6,10H,4-5,7-8H2,1-3H3/t10-/m0/s1. The largest absolute Gasteiger partial charge is 0.462 e. The van der Waals surface area contributed by atoms with Crippen molar-refractivity contribution >= 4 is 6.09 Å². The Morgan fingerprint density at radius 1 is 1.60 bits per heavy atom. The molecule has 0 spiro atoms. The lowest BCUT2D eigenvalue weighted by Gasteiger charge is -2.40. The Bertz CT molecular complexity index is 469. The number of carbonyl (C=O) groups excluding carboxylic acids is 1. The lowest BCUT2D eigenvalue weighted by Crippen LogP contribution is -2.55. The Morgan fingerprint density at radius 3 is 2.85 bits per heavy atom. The summed E-state index contributed by atoms with van der Waals surface area (Å²) in [4.78, 5) is 13.5. The predicted octanol–water partition coefficient (Wildman–Crippen LogP) is 2.53. The number of alkyl halides is 1. The molecule has 0 radical (unpaired) electrons. The molecule has 2 rings (SSSR count). The fourth-order valence-corrected chi connectivity index (χ4v) is 1.78. The van der Waals surface area contributed by atoms with Gasteiger partial charge >= 0.3 is 12.0 Å². The third-order valence-corrected chi connectivity index (χ3v) is 2.86. The molecule has 1 amide bonds. The maximum Gasteiger partial charge on any atom is 0.410 e. The molecular weight excluding hydrogens is 267 g/mol. The van der Waals surface area contributed by atoms with Gasteiger partial charge in [0.25, 0.3) is 0 Å². The first kappa shape index (κ1) is 14.6. The van der Waals surface area contributed by atoms with Crippen LogP contribution in [0.3, 0.4) is 0 Å². The van der Waals surface area contributed by atoms with Crippen molar-refractivity contribution < 1.29 is 23.2 Å². The third kappa shape index (κ3) is 3.61. The summed E-state index contributed by atoms with van der Waals surface area (Å²) in [6.07, 6.45) is 0.489. The molecule has 0 N–H and O–H groups in total. The summed E-state index contributed by atoms with van der Waals surface area (Å²) in [6, 6.07) is 1.35. The van der Waals surface area contributed by atoms with Gasteiger partial charge in [-0.05, 0) is 27.2 Å². The molecule has 0 unspecified atom stereocenters. The first-order valence-electron chi connectivity index (χ1n) is 6.53. The van der Waals surface area contributed by atoms with Crippen LogP contribution in [0.4, 0.5) is 9.18 Å². The molecule has 1 aliphatic heterocycles. The minimum atomic E-state index is -0.694. The monoisotopic (exact) mass is 286 g/mol. The number of aromatic nitrogens is 1. The van der Waals surface area contributed by atoms with Crippen LogP contribution >= 0.6 is 0 Å². The summed E-state index contributed by atoms with van der Waals surface area (Å²) < 4.78 is 27.7. The van der Waals surface area contributed by atoms with Gasteiger partial charge in [-0.25, -0.2) is 9.18 Å². The van der Waals surface area contributed by atoms with Crippen LogP contribution in [0.1, 0.15) is 32.9 Å². The summed E-state index contributed by atoms with van der Waals surface area (Å²) in [5.41, 5.74) is -0.323. The number of amides is 1. The maximum absolute atomic E-state index is 12.3. The number of hydrogen-bond donors (Lipinski definition) is 0. The average molecular weight is 286 g/mol. The second-order valence-electron chi connectivity index (χ2n) is 5.70. The zero-order valence-corrected chi connectivity index (χ0v) is 11.9. The molecule has 2 heterocycles. The van der Waals surface area contributed by atoms with Crippen LogP contribution in [0.25, 0.3) is 0 Å². The number of hydrogen-bond acceptors (Lipinski definition) is 5. The number of likely N-dealkylation sites (tertiary alicyclic amines) is 1. The van der Waals surface area contributed by atoms with Gasteiger partial charge in [0.15, 0.2) is 0 Å². The summed E-state index contributed by atoms with van der Waals surface area (Å²) in [5, 5.41) is 3.48. The average Bonchev–Trinajstić information content (AvgIpc) is 2.73. The highest BCUT2D eigenvalue weighted by Gasteiger charge is 2.35. The van der Waals surface area contributed by atoms with Crippen molar-refractivity contribution in [2.24, 2.45) is 0 Å². The Kier molecular flexibility index (Phi) is 4.15. The van der Waals surface area contributed by atoms with E-state index in [0.29, 0.717) is 6.54 Å². The normalized spacial score (nSPS) is 18.6. The van der Waals surface area contributed by atoms with E-state index >= 15 is 0 Å². The van der Waals surface area contributed by atoms with E-state index in [-0.39, 0.29) is 30.4 Å². The van der Waals surface area contributed by atoms with E-state index in [4.69, 9.17) is 14.0 Å². The summed E-state index contributed by atoms with van der Waals surface area (Å²) in [6.45, 7) is 5.70. The quantitative estimate of drug-likeness (QED) is 0.851. The highest BCUT2D eigenvalue weighted by molar-refractivity contribution is 5.69. The molecule has 7 heteroatoms. The summed E-state index contributed by atoms with van der Waals surface area (Å²) >= 11 is 0. The molecule has 0 aliphatic carbocycles. The van der Waals surface area contributed by atoms with Gasteiger partial charge in [-0.3, -0.25) is 0 Å². The van der Waals surface area contributed by atoms with E-state index in [1.165, 1.54) is 6.07 Å². The van der Waals surface area contributed by atoms with Crippen LogP contribution in [-0.2, 0) is 11.4 Å². The molecule has 1 atom stereocenters. The molecule has 20 heavy (non-hydrogen) atoms. The van der Waals surface area contributed by atoms with Crippen molar-refractivity contribution in [2.45, 2.75) is 45.5 Å². The van der Waals surface area contributed by atoms with E-state index in [2.05, 4.69) is 5.16 Å². The second-order valence-corrected chi connectivity index (χ2v) is 5.70. The van der Waals surface area contributed by atoms with Crippen molar-refractivity contribution in [3.8, 4) is 5.95 Å². The summed E-state index contributed by atoms with van der Waals surface area (Å²) in [7, 11) is 0. The van der Waals surface area contributed by atoms with Gasteiger partial charge in [0.1, 0.15) is 24.6 Å². The van der Waals surface area contributed by atoms with Gasteiger partial charge in [-0.15, -0.1) is 0 Å². The van der Waals surface area contributed by atoms with Crippen LogP contribution in [0.15, 0.2) is 10.6 Å². The van der Waals surface area contributed by atoms with E-state index in [1.807, 2.05) is 20.8 Å². The molecule has 1 saturated heterocycles. The van der Waals surface area contributed by atoms with Crippen molar-refractivity contribution in [2.75, 3.05) is 13.2 Å². The smallest absolute Gasteiger partial charge is 0.410 e. The molecular formula is C13H19FN2O4. The van der Waals surface area contributed by atoms with Gasteiger partial charge < -0.3 is 18.9 Å². The molecule has 0 aromatic carbocycles. The van der Waals surface area contributed by atoms with Crippen molar-refractivity contribution in [3.05, 3.63) is 11.8 Å². The van der Waals surface area contributed by atoms with Crippen LogP contribution in [0.2, 0.25) is 0 Å². The SMILES string of the molecule is CC(C)(C)OC(=O)N1CC[C@H]1COc1cc(CF)no1. The van der Waals surface area contributed by atoms with Gasteiger partial charge in [-0.2, -0.15) is 0 Å². The molecule has 1 aliphatic rings. The Morgan fingerprint density at radius 2 is 2.35 bits per heavy atom. The van der Waals surface area contributed by atoms with Gasteiger partial charge in [-0.1, -0.05) is 5.16 Å². The number of ether oxygens (including phenoxy) is 2. The molecule has 112 valence electrons. The zero-order chi connectivity index (χ0) is 14.8. The van der Waals surface area contributed by atoms with E-state index in [0.717, 1.165) is 6.42 Å². The van der Waals surface area contributed by atoms with Gasteiger partial charge in [0.2, 0.25) is 0 Å². The second kappa shape index (κ2) is 5.68. The van der Waals surface area contributed by atoms with E-state index < -0.39 is 12.3 Å². The number of nitrogens with zero attached hydrogens (tertiary/aromatic N) is 2. The molecule has 1 aromatic rings. The first-order valence-corrected chi connectivity index (χ1v) is 6.53. The van der Waals surface area contributed by atoms with Crippen LogP contribution < -0.4 is 4.74 Å². The maximum atomic E-state index is 12.3. The highest BCUT2D eigenvalue weighted by atomic mass is 19.1. The number of halogens is 1. The molecule has 0 saturated carbocycles. The van der Waals surface area contributed by atoms with Crippen LogP contribution in [0, 0.1) is 0 Å². The lowest BCUT2D eigenvalue weighted by atomic mass is 10.1. The number of rotatable bonds is 4. The Balaban J connectivity index is 1.80. The predicted molar refractivity (Wildman–Crippen MR) is 68.2 cm³/mol. The molecule has 1 fully saturated rings. The van der Waals surface area contributed by atoms with Crippen LogP contribution in [0.5, 0.6) is 5.95 Å². The first-order chi connectivity index (χ1) is 9.39. The van der Waals surface area contributed by atoms with E-state index in [1.54, 1.807) is 4.90 Å². The molecule has 6 nitrogen and oxygen atoms in total. The zero-order valence-electron chi connectivity index (χ0n) is 11.9. The highest BCUT2D eigenvalue weighted by Crippen LogP contribution is 2.22. The Hall–Kier alpha value is -1.79.